The maximum absolute atomic E-state index is 12.3. The average Bonchev–Trinajstić information content (AvgIpc) is 3.00. The molecule has 0 aromatic carbocycles. The number of ketones is 1. The van der Waals surface area contributed by atoms with Crippen LogP contribution in [0.1, 0.15) is 65.4 Å². The van der Waals surface area contributed by atoms with Crippen LogP contribution in [0.2, 0.25) is 0 Å². The number of carbonyl (C=O) groups excluding carboxylic acids is 1. The van der Waals surface area contributed by atoms with E-state index in [1.165, 1.54) is 24.8 Å². The van der Waals surface area contributed by atoms with Gasteiger partial charge in [-0.2, -0.15) is 0 Å². The van der Waals surface area contributed by atoms with E-state index < -0.39 is 0 Å². The van der Waals surface area contributed by atoms with Gasteiger partial charge in [-0.15, -0.1) is 0 Å². The van der Waals surface area contributed by atoms with Crippen molar-refractivity contribution < 1.29 is 9.21 Å². The lowest BCUT2D eigenvalue weighted by Gasteiger charge is -2.59. The highest BCUT2D eigenvalue weighted by molar-refractivity contribution is 5.82. The van der Waals surface area contributed by atoms with E-state index in [2.05, 4.69) is 33.8 Å². The van der Waals surface area contributed by atoms with Crippen LogP contribution < -0.4 is 0 Å². The van der Waals surface area contributed by atoms with Gasteiger partial charge in [-0.1, -0.05) is 27.7 Å². The normalized spacial score (nSPS) is 42.2. The summed E-state index contributed by atoms with van der Waals surface area (Å²) < 4.78 is 5.23. The Morgan fingerprint density at radius 3 is 2.73 bits per heavy atom. The SMILES string of the molecule is C[C@@H]1CC[C@]2(C)[C@@H](CCC(=O)[C@@H]2C)[C@@]1(C)CCc1ccoc1. The molecule has 1 aromatic heterocycles. The van der Waals surface area contributed by atoms with Crippen LogP contribution >= 0.6 is 0 Å². The molecule has 1 aromatic rings. The first-order valence-corrected chi connectivity index (χ1v) is 8.91. The number of Topliss-reactive ketones (excluding diaryl/α,β-unsaturated/α-hetero) is 1. The van der Waals surface area contributed by atoms with E-state index in [1.807, 2.05) is 6.26 Å². The van der Waals surface area contributed by atoms with Crippen LogP contribution in [0.4, 0.5) is 0 Å². The van der Waals surface area contributed by atoms with E-state index in [0.29, 0.717) is 17.1 Å². The van der Waals surface area contributed by atoms with Gasteiger partial charge in [0.15, 0.2) is 0 Å². The second-order valence-electron chi connectivity index (χ2n) is 8.36. The Labute approximate surface area is 134 Å². The van der Waals surface area contributed by atoms with Crippen LogP contribution in [-0.4, -0.2) is 5.78 Å². The number of furan rings is 1. The number of carbonyl (C=O) groups is 1. The quantitative estimate of drug-likeness (QED) is 0.761. The van der Waals surface area contributed by atoms with Gasteiger partial charge in [0.05, 0.1) is 12.5 Å². The highest BCUT2D eigenvalue weighted by Gasteiger charge is 2.56. The van der Waals surface area contributed by atoms with Crippen LogP contribution in [-0.2, 0) is 11.2 Å². The molecule has 0 saturated heterocycles. The molecule has 2 heteroatoms. The third-order valence-electron chi connectivity index (χ3n) is 7.52. The minimum absolute atomic E-state index is 0.201. The Hall–Kier alpha value is -1.05. The molecular weight excluding hydrogens is 272 g/mol. The molecule has 0 aliphatic heterocycles. The topological polar surface area (TPSA) is 30.2 Å². The summed E-state index contributed by atoms with van der Waals surface area (Å²) in [6.45, 7) is 9.49. The fraction of sp³-hybridized carbons (Fsp3) is 0.750. The van der Waals surface area contributed by atoms with E-state index >= 15 is 0 Å². The number of aryl methyl sites for hydroxylation is 1. The molecule has 22 heavy (non-hydrogen) atoms. The maximum atomic E-state index is 12.3. The Morgan fingerprint density at radius 1 is 1.27 bits per heavy atom. The van der Waals surface area contributed by atoms with E-state index in [1.54, 1.807) is 6.26 Å². The van der Waals surface area contributed by atoms with Crippen LogP contribution in [0.15, 0.2) is 23.0 Å². The summed E-state index contributed by atoms with van der Waals surface area (Å²) in [5.74, 6) is 2.12. The van der Waals surface area contributed by atoms with Gasteiger partial charge in [0.1, 0.15) is 5.78 Å². The molecule has 2 aliphatic rings. The van der Waals surface area contributed by atoms with Gasteiger partial charge >= 0.3 is 0 Å². The minimum Gasteiger partial charge on any atom is -0.472 e. The Balaban J connectivity index is 1.85. The molecule has 0 spiro atoms. The predicted octanol–water partition coefficient (Wildman–Crippen LogP) is 5.27. The van der Waals surface area contributed by atoms with Crippen LogP contribution in [0.3, 0.4) is 0 Å². The van der Waals surface area contributed by atoms with Gasteiger partial charge < -0.3 is 4.42 Å². The largest absolute Gasteiger partial charge is 0.472 e. The number of rotatable bonds is 3. The van der Waals surface area contributed by atoms with Gasteiger partial charge in [-0.3, -0.25) is 4.79 Å². The van der Waals surface area contributed by atoms with E-state index in [4.69, 9.17) is 4.42 Å². The molecule has 3 rings (SSSR count). The first-order chi connectivity index (χ1) is 10.4. The van der Waals surface area contributed by atoms with E-state index in [9.17, 15) is 4.79 Å². The minimum atomic E-state index is 0.201. The molecule has 2 aliphatic carbocycles. The van der Waals surface area contributed by atoms with Crippen molar-refractivity contribution in [1.82, 2.24) is 0 Å². The Bertz CT molecular complexity index is 532. The van der Waals surface area contributed by atoms with Gasteiger partial charge in [0.2, 0.25) is 0 Å². The first-order valence-electron chi connectivity index (χ1n) is 8.91. The summed E-state index contributed by atoms with van der Waals surface area (Å²) in [6.07, 6.45) is 10.3. The number of hydrogen-bond acceptors (Lipinski definition) is 2. The Morgan fingerprint density at radius 2 is 2.05 bits per heavy atom. The zero-order chi connectivity index (χ0) is 16.0. The molecule has 122 valence electrons. The van der Waals surface area contributed by atoms with Crippen molar-refractivity contribution >= 4 is 5.78 Å². The van der Waals surface area contributed by atoms with E-state index in [-0.39, 0.29) is 11.3 Å². The van der Waals surface area contributed by atoms with Crippen molar-refractivity contribution in [3.63, 3.8) is 0 Å². The second kappa shape index (κ2) is 5.54. The Kier molecular flexibility index (Phi) is 3.99. The molecular formula is C20H30O2. The highest BCUT2D eigenvalue weighted by atomic mass is 16.3. The third-order valence-corrected chi connectivity index (χ3v) is 7.52. The van der Waals surface area contributed by atoms with Crippen molar-refractivity contribution in [3.8, 4) is 0 Å². The summed E-state index contributed by atoms with van der Waals surface area (Å²) in [5, 5.41) is 0. The molecule has 0 N–H and O–H groups in total. The molecule has 0 radical (unpaired) electrons. The van der Waals surface area contributed by atoms with Crippen LogP contribution in [0.5, 0.6) is 0 Å². The highest BCUT2D eigenvalue weighted by Crippen LogP contribution is 2.62. The van der Waals surface area contributed by atoms with Gasteiger partial charge in [-0.25, -0.2) is 0 Å². The molecule has 0 bridgehead atoms. The summed E-state index contributed by atoms with van der Waals surface area (Å²) in [6, 6.07) is 2.09. The third kappa shape index (κ3) is 2.35. The maximum Gasteiger partial charge on any atom is 0.136 e. The molecule has 0 unspecified atom stereocenters. The van der Waals surface area contributed by atoms with Crippen molar-refractivity contribution in [2.75, 3.05) is 0 Å². The summed E-state index contributed by atoms with van der Waals surface area (Å²) in [4.78, 5) is 12.3. The molecule has 5 atom stereocenters. The van der Waals surface area contributed by atoms with E-state index in [0.717, 1.165) is 25.2 Å². The fourth-order valence-electron chi connectivity index (χ4n) is 5.45. The van der Waals surface area contributed by atoms with Crippen molar-refractivity contribution in [3.05, 3.63) is 24.2 Å². The lowest BCUT2D eigenvalue weighted by molar-refractivity contribution is -0.148. The van der Waals surface area contributed by atoms with Crippen molar-refractivity contribution in [2.45, 2.75) is 66.2 Å². The molecule has 2 saturated carbocycles. The summed E-state index contributed by atoms with van der Waals surface area (Å²) >= 11 is 0. The zero-order valence-corrected chi connectivity index (χ0v) is 14.5. The van der Waals surface area contributed by atoms with Gasteiger partial charge in [0.25, 0.3) is 0 Å². The summed E-state index contributed by atoms with van der Waals surface area (Å²) in [7, 11) is 0. The zero-order valence-electron chi connectivity index (χ0n) is 14.5. The standard InChI is InChI=1S/C20H30O2/c1-14-7-10-20(4)15(2)17(21)5-6-18(20)19(14,3)11-8-16-9-12-22-13-16/h9,12-15,18H,5-8,10-11H2,1-4H3/t14-,15+,18+,19+,20+/m1/s1. The second-order valence-corrected chi connectivity index (χ2v) is 8.36. The van der Waals surface area contributed by atoms with Crippen molar-refractivity contribution in [2.24, 2.45) is 28.6 Å². The number of fused-ring (bicyclic) bond motifs is 1. The fourth-order valence-corrected chi connectivity index (χ4v) is 5.45. The molecule has 2 nitrogen and oxygen atoms in total. The number of hydrogen-bond donors (Lipinski definition) is 0. The molecule has 2 fully saturated rings. The lowest BCUT2D eigenvalue weighted by Crippen LogP contribution is -2.54. The average molecular weight is 302 g/mol. The molecule has 1 heterocycles. The molecule has 0 amide bonds. The van der Waals surface area contributed by atoms with Crippen LogP contribution in [0.25, 0.3) is 0 Å². The monoisotopic (exact) mass is 302 g/mol. The van der Waals surface area contributed by atoms with Crippen LogP contribution in [0, 0.1) is 28.6 Å². The predicted molar refractivity (Wildman–Crippen MR) is 88.5 cm³/mol. The van der Waals surface area contributed by atoms with Gasteiger partial charge in [-0.05, 0) is 66.4 Å². The lowest BCUT2D eigenvalue weighted by atomic mass is 9.44. The van der Waals surface area contributed by atoms with Crippen molar-refractivity contribution in [1.29, 1.82) is 0 Å². The summed E-state index contributed by atoms with van der Waals surface area (Å²) in [5.41, 5.74) is 1.84. The van der Waals surface area contributed by atoms with Gasteiger partial charge in [0, 0.05) is 12.3 Å². The smallest absolute Gasteiger partial charge is 0.136 e. The first kappa shape index (κ1) is 15.8.